The third-order valence-corrected chi connectivity index (χ3v) is 5.70. The van der Waals surface area contributed by atoms with E-state index in [1.807, 2.05) is 18.2 Å². The molecule has 0 heterocycles. The maximum atomic E-state index is 12.2. The lowest BCUT2D eigenvalue weighted by molar-refractivity contribution is 0.0827. The van der Waals surface area contributed by atoms with E-state index < -0.39 is 0 Å². The van der Waals surface area contributed by atoms with Crippen LogP contribution in [0, 0.1) is 5.41 Å². The molecule has 0 radical (unpaired) electrons. The number of hydrogen-bond donors (Lipinski definition) is 2. The van der Waals surface area contributed by atoms with Gasteiger partial charge >= 0.3 is 0 Å². The van der Waals surface area contributed by atoms with Crippen molar-refractivity contribution >= 4 is 11.9 Å². The van der Waals surface area contributed by atoms with Gasteiger partial charge < -0.3 is 20.3 Å². The van der Waals surface area contributed by atoms with Gasteiger partial charge in [0, 0.05) is 53.0 Å². The van der Waals surface area contributed by atoms with Crippen LogP contribution >= 0.6 is 0 Å². The lowest BCUT2D eigenvalue weighted by Crippen LogP contribution is -2.39. The number of carbonyl (C=O) groups excluding carboxylic acids is 1. The summed E-state index contributed by atoms with van der Waals surface area (Å²) in [6.07, 6.45) is 7.00. The minimum Gasteiger partial charge on any atom is -0.385 e. The monoisotopic (exact) mass is 402 g/mol. The summed E-state index contributed by atoms with van der Waals surface area (Å²) < 4.78 is 5.33. The van der Waals surface area contributed by atoms with Crippen LogP contribution in [-0.4, -0.2) is 64.2 Å². The van der Waals surface area contributed by atoms with Gasteiger partial charge in [0.1, 0.15) is 0 Å². The maximum Gasteiger partial charge on any atom is 0.253 e. The SMILES string of the molecule is CCNC(=NCC1(CCOC)CCCC1)NCCc1cccc(C(=O)N(C)C)c1. The van der Waals surface area contributed by atoms with Crippen LogP contribution in [0.4, 0.5) is 0 Å². The predicted octanol–water partition coefficient (Wildman–Crippen LogP) is 3.08. The Labute approximate surface area is 176 Å². The molecule has 1 aliphatic rings. The molecule has 1 aliphatic carbocycles. The molecule has 0 saturated heterocycles. The van der Waals surface area contributed by atoms with E-state index in [4.69, 9.17) is 9.73 Å². The number of rotatable bonds is 10. The van der Waals surface area contributed by atoms with Gasteiger partial charge in [-0.2, -0.15) is 0 Å². The van der Waals surface area contributed by atoms with Gasteiger partial charge in [0.2, 0.25) is 0 Å². The van der Waals surface area contributed by atoms with Crippen molar-refractivity contribution in [2.45, 2.75) is 45.4 Å². The van der Waals surface area contributed by atoms with Gasteiger partial charge in [-0.05, 0) is 55.7 Å². The first-order valence-electron chi connectivity index (χ1n) is 10.8. The molecule has 6 nitrogen and oxygen atoms in total. The summed E-state index contributed by atoms with van der Waals surface area (Å²) in [5.74, 6) is 0.907. The molecule has 1 amide bonds. The van der Waals surface area contributed by atoms with Gasteiger partial charge in [-0.15, -0.1) is 0 Å². The molecule has 1 aromatic rings. The van der Waals surface area contributed by atoms with Crippen LogP contribution in [0.5, 0.6) is 0 Å². The molecule has 1 fully saturated rings. The zero-order valence-corrected chi connectivity index (χ0v) is 18.6. The fraction of sp³-hybridized carbons (Fsp3) is 0.652. The normalized spacial score (nSPS) is 15.9. The van der Waals surface area contributed by atoms with Crippen LogP contribution in [0.25, 0.3) is 0 Å². The Bertz CT molecular complexity index is 667. The van der Waals surface area contributed by atoms with Crippen LogP contribution in [0.3, 0.4) is 0 Å². The standard InChI is InChI=1S/C23H38N4O2/c1-5-24-22(26-18-23(14-16-29-4)12-6-7-13-23)25-15-11-19-9-8-10-20(17-19)21(28)27(2)3/h8-10,17H,5-7,11-16,18H2,1-4H3,(H2,24,25,26). The minimum absolute atomic E-state index is 0.0348. The van der Waals surface area contributed by atoms with E-state index in [1.165, 1.54) is 25.7 Å². The molecule has 0 spiro atoms. The molecule has 0 unspecified atom stereocenters. The van der Waals surface area contributed by atoms with Crippen molar-refractivity contribution in [1.29, 1.82) is 0 Å². The van der Waals surface area contributed by atoms with Crippen molar-refractivity contribution < 1.29 is 9.53 Å². The number of guanidine groups is 1. The number of aliphatic imine (C=N–C) groups is 1. The Morgan fingerprint density at radius 1 is 1.24 bits per heavy atom. The molecule has 0 aliphatic heterocycles. The fourth-order valence-electron chi connectivity index (χ4n) is 3.96. The van der Waals surface area contributed by atoms with E-state index in [0.717, 1.165) is 56.2 Å². The number of hydrogen-bond acceptors (Lipinski definition) is 3. The highest BCUT2D eigenvalue weighted by molar-refractivity contribution is 5.94. The summed E-state index contributed by atoms with van der Waals surface area (Å²) in [5, 5.41) is 6.81. The van der Waals surface area contributed by atoms with Gasteiger partial charge in [0.05, 0.1) is 0 Å². The average molecular weight is 403 g/mol. The van der Waals surface area contributed by atoms with Crippen LogP contribution < -0.4 is 10.6 Å². The van der Waals surface area contributed by atoms with E-state index >= 15 is 0 Å². The highest BCUT2D eigenvalue weighted by Gasteiger charge is 2.33. The highest BCUT2D eigenvalue weighted by atomic mass is 16.5. The molecule has 0 aromatic heterocycles. The fourth-order valence-corrected chi connectivity index (χ4v) is 3.96. The van der Waals surface area contributed by atoms with Gasteiger partial charge in [-0.3, -0.25) is 9.79 Å². The Morgan fingerprint density at radius 3 is 2.66 bits per heavy atom. The molecule has 6 heteroatoms. The Morgan fingerprint density at radius 2 is 2.00 bits per heavy atom. The van der Waals surface area contributed by atoms with E-state index in [-0.39, 0.29) is 5.91 Å². The van der Waals surface area contributed by atoms with Gasteiger partial charge in [-0.25, -0.2) is 0 Å². The number of carbonyl (C=O) groups is 1. The highest BCUT2D eigenvalue weighted by Crippen LogP contribution is 2.41. The van der Waals surface area contributed by atoms with Crippen molar-refractivity contribution in [3.8, 4) is 0 Å². The zero-order valence-electron chi connectivity index (χ0n) is 18.6. The van der Waals surface area contributed by atoms with E-state index in [0.29, 0.717) is 5.41 Å². The first-order valence-corrected chi connectivity index (χ1v) is 10.8. The van der Waals surface area contributed by atoms with Crippen LogP contribution in [-0.2, 0) is 11.2 Å². The number of nitrogens with zero attached hydrogens (tertiary/aromatic N) is 2. The summed E-state index contributed by atoms with van der Waals surface area (Å²) in [6.45, 7) is 5.35. The average Bonchev–Trinajstić information content (AvgIpc) is 3.19. The molecule has 2 N–H and O–H groups in total. The van der Waals surface area contributed by atoms with Crippen molar-refractivity contribution in [3.63, 3.8) is 0 Å². The van der Waals surface area contributed by atoms with E-state index in [1.54, 1.807) is 26.1 Å². The van der Waals surface area contributed by atoms with Crippen molar-refractivity contribution in [1.82, 2.24) is 15.5 Å². The summed E-state index contributed by atoms with van der Waals surface area (Å²) in [7, 11) is 5.33. The van der Waals surface area contributed by atoms with Crippen LogP contribution in [0.15, 0.2) is 29.3 Å². The number of nitrogens with one attached hydrogen (secondary N) is 2. The molecule has 0 atom stereocenters. The summed E-state index contributed by atoms with van der Waals surface area (Å²) >= 11 is 0. The smallest absolute Gasteiger partial charge is 0.253 e. The molecule has 2 rings (SSSR count). The molecular formula is C23H38N4O2. The number of amides is 1. The number of benzene rings is 1. The first-order chi connectivity index (χ1) is 14.0. The maximum absolute atomic E-state index is 12.2. The lowest BCUT2D eigenvalue weighted by Gasteiger charge is -2.27. The molecule has 29 heavy (non-hydrogen) atoms. The topological polar surface area (TPSA) is 66.0 Å². The Hall–Kier alpha value is -2.08. The van der Waals surface area contributed by atoms with E-state index in [9.17, 15) is 4.79 Å². The van der Waals surface area contributed by atoms with Crippen LogP contribution in [0.2, 0.25) is 0 Å². The van der Waals surface area contributed by atoms with Gasteiger partial charge in [0.25, 0.3) is 5.91 Å². The minimum atomic E-state index is 0.0348. The van der Waals surface area contributed by atoms with E-state index in [2.05, 4.69) is 23.6 Å². The van der Waals surface area contributed by atoms with Gasteiger partial charge in [0.15, 0.2) is 5.96 Å². The summed E-state index contributed by atoms with van der Waals surface area (Å²) in [5.41, 5.74) is 2.17. The van der Waals surface area contributed by atoms with Crippen molar-refractivity contribution in [3.05, 3.63) is 35.4 Å². The molecule has 0 bridgehead atoms. The number of ether oxygens (including phenoxy) is 1. The zero-order chi connectivity index (χ0) is 21.1. The summed E-state index contributed by atoms with van der Waals surface area (Å²) in [4.78, 5) is 18.7. The Balaban J connectivity index is 1.93. The second kappa shape index (κ2) is 11.8. The lowest BCUT2D eigenvalue weighted by atomic mass is 9.83. The molecular weight excluding hydrogens is 364 g/mol. The van der Waals surface area contributed by atoms with Crippen LogP contribution in [0.1, 0.15) is 54.9 Å². The first kappa shape index (κ1) is 23.2. The second-order valence-electron chi connectivity index (χ2n) is 8.22. The quantitative estimate of drug-likeness (QED) is 0.466. The third kappa shape index (κ3) is 7.35. The predicted molar refractivity (Wildman–Crippen MR) is 120 cm³/mol. The Kier molecular flexibility index (Phi) is 9.45. The number of methoxy groups -OCH3 is 1. The van der Waals surface area contributed by atoms with Crippen molar-refractivity contribution in [2.24, 2.45) is 10.4 Å². The van der Waals surface area contributed by atoms with Crippen molar-refractivity contribution in [2.75, 3.05) is 47.4 Å². The molecule has 1 saturated carbocycles. The third-order valence-electron chi connectivity index (χ3n) is 5.70. The second-order valence-corrected chi connectivity index (χ2v) is 8.22. The largest absolute Gasteiger partial charge is 0.385 e. The molecule has 1 aromatic carbocycles. The van der Waals surface area contributed by atoms with Gasteiger partial charge in [-0.1, -0.05) is 25.0 Å². The molecule has 162 valence electrons. The summed E-state index contributed by atoms with van der Waals surface area (Å²) in [6, 6.07) is 7.86.